The van der Waals surface area contributed by atoms with Gasteiger partial charge < -0.3 is 11.1 Å². The third-order valence-electron chi connectivity index (χ3n) is 3.86. The van der Waals surface area contributed by atoms with Crippen molar-refractivity contribution in [1.82, 2.24) is 10.2 Å². The van der Waals surface area contributed by atoms with E-state index >= 15 is 0 Å². The van der Waals surface area contributed by atoms with Crippen LogP contribution in [0.3, 0.4) is 0 Å². The molecule has 0 radical (unpaired) electrons. The standard InChI is InChI=1S/C15H32N4.HI/c1-12(2)7-8-17-15(16)18-11-14(13(3)4)19-9-5-6-10-19;/h12-14H,5-11H2,1-4H3,(H3,16,17,18);1H. The number of aliphatic imine (C=N–C) groups is 1. The van der Waals surface area contributed by atoms with Gasteiger partial charge in [-0.05, 0) is 44.2 Å². The summed E-state index contributed by atoms with van der Waals surface area (Å²) in [6, 6.07) is 0.535. The van der Waals surface area contributed by atoms with Crippen LogP contribution >= 0.6 is 24.0 Å². The molecule has 1 unspecified atom stereocenters. The van der Waals surface area contributed by atoms with Crippen molar-refractivity contribution in [2.75, 3.05) is 26.2 Å². The molecule has 4 nitrogen and oxygen atoms in total. The largest absolute Gasteiger partial charge is 0.370 e. The van der Waals surface area contributed by atoms with Crippen LogP contribution in [-0.4, -0.2) is 43.1 Å². The zero-order valence-corrected chi connectivity index (χ0v) is 15.9. The van der Waals surface area contributed by atoms with Gasteiger partial charge in [0.25, 0.3) is 0 Å². The fourth-order valence-electron chi connectivity index (χ4n) is 2.56. The minimum atomic E-state index is 0. The molecular weight excluding hydrogens is 363 g/mol. The molecule has 1 saturated heterocycles. The lowest BCUT2D eigenvalue weighted by molar-refractivity contribution is 0.197. The highest BCUT2D eigenvalue weighted by Gasteiger charge is 2.24. The topological polar surface area (TPSA) is 53.6 Å². The molecule has 120 valence electrons. The highest BCUT2D eigenvalue weighted by Crippen LogP contribution is 2.17. The van der Waals surface area contributed by atoms with Crippen molar-refractivity contribution in [1.29, 1.82) is 0 Å². The number of rotatable bonds is 7. The average molecular weight is 396 g/mol. The molecule has 0 aliphatic carbocycles. The fraction of sp³-hybridized carbons (Fsp3) is 0.933. The zero-order chi connectivity index (χ0) is 14.3. The van der Waals surface area contributed by atoms with E-state index in [2.05, 4.69) is 42.9 Å². The van der Waals surface area contributed by atoms with Gasteiger partial charge in [0.05, 0.1) is 6.54 Å². The van der Waals surface area contributed by atoms with Crippen LogP contribution in [0.2, 0.25) is 0 Å². The molecule has 20 heavy (non-hydrogen) atoms. The lowest BCUT2D eigenvalue weighted by atomic mass is 10.0. The van der Waals surface area contributed by atoms with Gasteiger partial charge in [-0.25, -0.2) is 0 Å². The zero-order valence-electron chi connectivity index (χ0n) is 13.6. The summed E-state index contributed by atoms with van der Waals surface area (Å²) in [4.78, 5) is 7.09. The van der Waals surface area contributed by atoms with E-state index in [1.54, 1.807) is 0 Å². The Morgan fingerprint density at radius 3 is 2.30 bits per heavy atom. The van der Waals surface area contributed by atoms with Crippen molar-refractivity contribution in [3.8, 4) is 0 Å². The Morgan fingerprint density at radius 2 is 1.80 bits per heavy atom. The summed E-state index contributed by atoms with van der Waals surface area (Å²) in [5.41, 5.74) is 5.93. The van der Waals surface area contributed by atoms with Gasteiger partial charge in [-0.15, -0.1) is 24.0 Å². The van der Waals surface area contributed by atoms with Crippen LogP contribution in [0.5, 0.6) is 0 Å². The van der Waals surface area contributed by atoms with Gasteiger partial charge in [-0.2, -0.15) is 0 Å². The molecule has 1 aliphatic heterocycles. The van der Waals surface area contributed by atoms with E-state index in [1.807, 2.05) is 0 Å². The van der Waals surface area contributed by atoms with Crippen LogP contribution in [0.4, 0.5) is 0 Å². The first kappa shape index (κ1) is 20.0. The maximum atomic E-state index is 5.93. The number of likely N-dealkylation sites (tertiary alicyclic amines) is 1. The van der Waals surface area contributed by atoms with Crippen LogP contribution in [0.1, 0.15) is 47.0 Å². The SMILES string of the molecule is CC(C)CCNC(N)=NCC(C(C)C)N1CCCC1.I. The number of hydrogen-bond acceptors (Lipinski definition) is 2. The molecular formula is C15H33IN4. The molecule has 1 heterocycles. The van der Waals surface area contributed by atoms with Crippen LogP contribution < -0.4 is 11.1 Å². The predicted octanol–water partition coefficient (Wildman–Crippen LogP) is 2.68. The maximum Gasteiger partial charge on any atom is 0.188 e. The molecule has 0 aromatic rings. The van der Waals surface area contributed by atoms with Gasteiger partial charge in [0, 0.05) is 12.6 Å². The van der Waals surface area contributed by atoms with E-state index in [-0.39, 0.29) is 24.0 Å². The van der Waals surface area contributed by atoms with Gasteiger partial charge >= 0.3 is 0 Å². The normalized spacial score (nSPS) is 18.4. The smallest absolute Gasteiger partial charge is 0.188 e. The summed E-state index contributed by atoms with van der Waals surface area (Å²) in [5, 5.41) is 3.21. The highest BCUT2D eigenvalue weighted by molar-refractivity contribution is 14.0. The van der Waals surface area contributed by atoms with Gasteiger partial charge in [0.1, 0.15) is 0 Å². The second-order valence-corrected chi connectivity index (χ2v) is 6.39. The monoisotopic (exact) mass is 396 g/mol. The summed E-state index contributed by atoms with van der Waals surface area (Å²) in [7, 11) is 0. The Bertz CT molecular complexity index is 273. The Hall–Kier alpha value is -0.0400. The van der Waals surface area contributed by atoms with E-state index in [1.165, 1.54) is 25.9 Å². The first-order valence-corrected chi connectivity index (χ1v) is 7.78. The van der Waals surface area contributed by atoms with E-state index in [9.17, 15) is 0 Å². The van der Waals surface area contributed by atoms with Crippen molar-refractivity contribution >= 4 is 29.9 Å². The summed E-state index contributed by atoms with van der Waals surface area (Å²) < 4.78 is 0. The predicted molar refractivity (Wildman–Crippen MR) is 98.8 cm³/mol. The number of hydrogen-bond donors (Lipinski definition) is 2. The second kappa shape index (κ2) is 10.7. The van der Waals surface area contributed by atoms with Crippen LogP contribution in [-0.2, 0) is 0 Å². The molecule has 1 rings (SSSR count). The number of nitrogens with two attached hydrogens (primary N) is 1. The Balaban J connectivity index is 0.00000361. The summed E-state index contributed by atoms with van der Waals surface area (Å²) in [5.74, 6) is 1.93. The number of halogens is 1. The highest BCUT2D eigenvalue weighted by atomic mass is 127. The van der Waals surface area contributed by atoms with Crippen molar-refractivity contribution in [3.63, 3.8) is 0 Å². The maximum absolute atomic E-state index is 5.93. The number of nitrogens with zero attached hydrogens (tertiary/aromatic N) is 2. The van der Waals surface area contributed by atoms with Gasteiger partial charge in [0.15, 0.2) is 5.96 Å². The van der Waals surface area contributed by atoms with Crippen LogP contribution in [0.25, 0.3) is 0 Å². The first-order valence-electron chi connectivity index (χ1n) is 7.78. The number of guanidine groups is 1. The molecule has 1 fully saturated rings. The van der Waals surface area contributed by atoms with Gasteiger partial charge in [0.2, 0.25) is 0 Å². The molecule has 0 spiro atoms. The van der Waals surface area contributed by atoms with Gasteiger partial charge in [-0.1, -0.05) is 27.7 Å². The Kier molecular flexibility index (Phi) is 10.6. The Labute approximate surface area is 142 Å². The Morgan fingerprint density at radius 1 is 1.20 bits per heavy atom. The molecule has 5 heteroatoms. The van der Waals surface area contributed by atoms with E-state index in [0.29, 0.717) is 23.8 Å². The second-order valence-electron chi connectivity index (χ2n) is 6.39. The molecule has 0 saturated carbocycles. The fourth-order valence-corrected chi connectivity index (χ4v) is 2.56. The molecule has 1 atom stereocenters. The molecule has 0 aromatic heterocycles. The van der Waals surface area contributed by atoms with Crippen molar-refractivity contribution in [3.05, 3.63) is 0 Å². The van der Waals surface area contributed by atoms with Crippen LogP contribution in [0, 0.1) is 11.8 Å². The number of nitrogens with one attached hydrogen (secondary N) is 1. The molecule has 0 aromatic carbocycles. The molecule has 1 aliphatic rings. The van der Waals surface area contributed by atoms with Gasteiger partial charge in [-0.3, -0.25) is 9.89 Å². The van der Waals surface area contributed by atoms with Crippen LogP contribution in [0.15, 0.2) is 4.99 Å². The van der Waals surface area contributed by atoms with Crippen molar-refractivity contribution in [2.24, 2.45) is 22.6 Å². The van der Waals surface area contributed by atoms with E-state index in [0.717, 1.165) is 19.5 Å². The minimum Gasteiger partial charge on any atom is -0.370 e. The lowest BCUT2D eigenvalue weighted by Crippen LogP contribution is -2.41. The molecule has 3 N–H and O–H groups in total. The van der Waals surface area contributed by atoms with E-state index < -0.39 is 0 Å². The summed E-state index contributed by atoms with van der Waals surface area (Å²) in [6.45, 7) is 13.2. The lowest BCUT2D eigenvalue weighted by Gasteiger charge is -2.29. The third-order valence-corrected chi connectivity index (χ3v) is 3.86. The first-order chi connectivity index (χ1) is 9.00. The van der Waals surface area contributed by atoms with Crippen molar-refractivity contribution < 1.29 is 0 Å². The van der Waals surface area contributed by atoms with E-state index in [4.69, 9.17) is 5.73 Å². The molecule has 0 bridgehead atoms. The summed E-state index contributed by atoms with van der Waals surface area (Å²) in [6.07, 6.45) is 3.79. The van der Waals surface area contributed by atoms with Crippen molar-refractivity contribution in [2.45, 2.75) is 53.0 Å². The minimum absolute atomic E-state index is 0. The molecule has 0 amide bonds. The summed E-state index contributed by atoms with van der Waals surface area (Å²) >= 11 is 0. The average Bonchev–Trinajstić information content (AvgIpc) is 2.82. The quantitative estimate of drug-likeness (QED) is 0.395. The third kappa shape index (κ3) is 7.67.